The first kappa shape index (κ1) is 15.0. The highest BCUT2D eigenvalue weighted by molar-refractivity contribution is 5.28. The number of hydrogen-bond donors (Lipinski definition) is 1. The van der Waals surface area contributed by atoms with Crippen LogP contribution in [0.15, 0.2) is 24.3 Å². The Morgan fingerprint density at radius 2 is 2.17 bits per heavy atom. The molecule has 1 aromatic rings. The zero-order chi connectivity index (χ0) is 13.4. The van der Waals surface area contributed by atoms with E-state index >= 15 is 0 Å². The minimum Gasteiger partial charge on any atom is -0.497 e. The van der Waals surface area contributed by atoms with Gasteiger partial charge in [-0.05, 0) is 50.6 Å². The SMILES string of the molecule is CCC(O)CCCN(C)Cc1cccc(OC)c1. The van der Waals surface area contributed by atoms with E-state index in [4.69, 9.17) is 4.74 Å². The summed E-state index contributed by atoms with van der Waals surface area (Å²) < 4.78 is 5.21. The molecular weight excluding hydrogens is 226 g/mol. The second kappa shape index (κ2) is 8.11. The summed E-state index contributed by atoms with van der Waals surface area (Å²) in [4.78, 5) is 2.27. The fraction of sp³-hybridized carbons (Fsp3) is 0.600. The fourth-order valence-corrected chi connectivity index (χ4v) is 1.96. The third-order valence-corrected chi connectivity index (χ3v) is 3.14. The molecule has 3 nitrogen and oxygen atoms in total. The van der Waals surface area contributed by atoms with Crippen LogP contribution < -0.4 is 4.74 Å². The normalized spacial score (nSPS) is 12.7. The Bertz CT molecular complexity index is 341. The van der Waals surface area contributed by atoms with E-state index in [1.165, 1.54) is 5.56 Å². The lowest BCUT2D eigenvalue weighted by Crippen LogP contribution is -2.20. The van der Waals surface area contributed by atoms with Crippen molar-refractivity contribution in [2.24, 2.45) is 0 Å². The summed E-state index contributed by atoms with van der Waals surface area (Å²) in [6.07, 6.45) is 2.63. The smallest absolute Gasteiger partial charge is 0.119 e. The molecule has 0 bridgehead atoms. The first-order valence-electron chi connectivity index (χ1n) is 6.65. The van der Waals surface area contributed by atoms with Gasteiger partial charge in [-0.1, -0.05) is 19.1 Å². The molecule has 1 aromatic carbocycles. The van der Waals surface area contributed by atoms with Crippen molar-refractivity contribution in [3.8, 4) is 5.75 Å². The number of aliphatic hydroxyl groups is 1. The van der Waals surface area contributed by atoms with Gasteiger partial charge in [-0.3, -0.25) is 0 Å². The lowest BCUT2D eigenvalue weighted by molar-refractivity contribution is 0.151. The highest BCUT2D eigenvalue weighted by Gasteiger charge is 2.04. The Morgan fingerprint density at radius 1 is 1.39 bits per heavy atom. The van der Waals surface area contributed by atoms with Crippen LogP contribution in [0.4, 0.5) is 0 Å². The van der Waals surface area contributed by atoms with Gasteiger partial charge in [0.15, 0.2) is 0 Å². The average Bonchev–Trinajstić information content (AvgIpc) is 2.38. The van der Waals surface area contributed by atoms with Crippen molar-refractivity contribution in [1.29, 1.82) is 0 Å². The van der Waals surface area contributed by atoms with E-state index in [1.807, 2.05) is 19.1 Å². The van der Waals surface area contributed by atoms with Crippen LogP contribution in [0, 0.1) is 0 Å². The predicted molar refractivity (Wildman–Crippen MR) is 74.9 cm³/mol. The Morgan fingerprint density at radius 3 is 2.83 bits per heavy atom. The molecule has 1 unspecified atom stereocenters. The number of methoxy groups -OCH3 is 1. The highest BCUT2D eigenvalue weighted by atomic mass is 16.5. The van der Waals surface area contributed by atoms with Crippen LogP contribution in [0.2, 0.25) is 0 Å². The van der Waals surface area contributed by atoms with Crippen LogP contribution in [0.3, 0.4) is 0 Å². The van der Waals surface area contributed by atoms with Gasteiger partial charge in [-0.25, -0.2) is 0 Å². The molecule has 1 atom stereocenters. The van der Waals surface area contributed by atoms with E-state index < -0.39 is 0 Å². The number of nitrogens with zero attached hydrogens (tertiary/aromatic N) is 1. The Labute approximate surface area is 110 Å². The fourth-order valence-electron chi connectivity index (χ4n) is 1.96. The molecule has 102 valence electrons. The van der Waals surface area contributed by atoms with Crippen LogP contribution in [0.1, 0.15) is 31.7 Å². The van der Waals surface area contributed by atoms with Crippen LogP contribution in [-0.2, 0) is 6.54 Å². The molecule has 0 saturated carbocycles. The monoisotopic (exact) mass is 251 g/mol. The summed E-state index contributed by atoms with van der Waals surface area (Å²) in [7, 11) is 3.80. The van der Waals surface area contributed by atoms with Gasteiger partial charge < -0.3 is 14.7 Å². The summed E-state index contributed by atoms with van der Waals surface area (Å²) in [5, 5.41) is 9.49. The number of aliphatic hydroxyl groups excluding tert-OH is 1. The molecule has 0 heterocycles. The van der Waals surface area contributed by atoms with Crippen LogP contribution in [-0.4, -0.2) is 36.8 Å². The zero-order valence-corrected chi connectivity index (χ0v) is 11.7. The summed E-state index contributed by atoms with van der Waals surface area (Å²) in [5.74, 6) is 0.905. The Hall–Kier alpha value is -1.06. The molecule has 0 radical (unpaired) electrons. The number of ether oxygens (including phenoxy) is 1. The lowest BCUT2D eigenvalue weighted by Gasteiger charge is -2.17. The van der Waals surface area contributed by atoms with Crippen LogP contribution in [0.5, 0.6) is 5.75 Å². The molecule has 1 rings (SSSR count). The van der Waals surface area contributed by atoms with Crippen molar-refractivity contribution >= 4 is 0 Å². The maximum atomic E-state index is 9.49. The zero-order valence-electron chi connectivity index (χ0n) is 11.7. The molecule has 0 saturated heterocycles. The van der Waals surface area contributed by atoms with E-state index in [2.05, 4.69) is 24.1 Å². The van der Waals surface area contributed by atoms with Gasteiger partial charge in [0.05, 0.1) is 13.2 Å². The molecular formula is C15H25NO2. The largest absolute Gasteiger partial charge is 0.497 e. The van der Waals surface area contributed by atoms with Gasteiger partial charge in [0, 0.05) is 6.54 Å². The summed E-state index contributed by atoms with van der Waals surface area (Å²) in [6, 6.07) is 8.15. The third-order valence-electron chi connectivity index (χ3n) is 3.14. The number of hydrogen-bond acceptors (Lipinski definition) is 3. The molecule has 1 N–H and O–H groups in total. The average molecular weight is 251 g/mol. The lowest BCUT2D eigenvalue weighted by atomic mass is 10.1. The summed E-state index contributed by atoms with van der Waals surface area (Å²) >= 11 is 0. The van der Waals surface area contributed by atoms with Gasteiger partial charge >= 0.3 is 0 Å². The summed E-state index contributed by atoms with van der Waals surface area (Å²) in [5.41, 5.74) is 1.26. The van der Waals surface area contributed by atoms with Crippen molar-refractivity contribution in [3.05, 3.63) is 29.8 Å². The van der Waals surface area contributed by atoms with E-state index in [9.17, 15) is 5.11 Å². The molecule has 0 aromatic heterocycles. The highest BCUT2D eigenvalue weighted by Crippen LogP contribution is 2.14. The topological polar surface area (TPSA) is 32.7 Å². The van der Waals surface area contributed by atoms with E-state index in [1.54, 1.807) is 7.11 Å². The van der Waals surface area contributed by atoms with Gasteiger partial charge in [0.25, 0.3) is 0 Å². The Kier molecular flexibility index (Phi) is 6.76. The molecule has 0 amide bonds. The van der Waals surface area contributed by atoms with Crippen molar-refractivity contribution in [1.82, 2.24) is 4.90 Å². The van der Waals surface area contributed by atoms with E-state index in [-0.39, 0.29) is 6.10 Å². The molecule has 0 aliphatic rings. The van der Waals surface area contributed by atoms with E-state index in [0.717, 1.165) is 38.1 Å². The molecule has 0 spiro atoms. The van der Waals surface area contributed by atoms with Gasteiger partial charge in [0.1, 0.15) is 5.75 Å². The molecule has 18 heavy (non-hydrogen) atoms. The number of benzene rings is 1. The molecule has 0 aliphatic carbocycles. The first-order chi connectivity index (χ1) is 8.65. The van der Waals surface area contributed by atoms with E-state index in [0.29, 0.717) is 0 Å². The number of rotatable bonds is 8. The second-order valence-corrected chi connectivity index (χ2v) is 4.79. The Balaban J connectivity index is 2.32. The maximum Gasteiger partial charge on any atom is 0.119 e. The van der Waals surface area contributed by atoms with Crippen LogP contribution in [0.25, 0.3) is 0 Å². The van der Waals surface area contributed by atoms with Crippen molar-refractivity contribution in [2.75, 3.05) is 20.7 Å². The predicted octanol–water partition coefficient (Wildman–Crippen LogP) is 2.68. The minimum atomic E-state index is -0.143. The van der Waals surface area contributed by atoms with Gasteiger partial charge in [-0.15, -0.1) is 0 Å². The van der Waals surface area contributed by atoms with Crippen molar-refractivity contribution in [3.63, 3.8) is 0 Å². The minimum absolute atomic E-state index is 0.143. The summed E-state index contributed by atoms with van der Waals surface area (Å²) in [6.45, 7) is 3.94. The van der Waals surface area contributed by atoms with Crippen LogP contribution >= 0.6 is 0 Å². The molecule has 3 heteroatoms. The molecule has 0 fully saturated rings. The third kappa shape index (κ3) is 5.52. The quantitative estimate of drug-likeness (QED) is 0.771. The van der Waals surface area contributed by atoms with Crippen molar-refractivity contribution in [2.45, 2.75) is 38.8 Å². The van der Waals surface area contributed by atoms with Gasteiger partial charge in [0.2, 0.25) is 0 Å². The van der Waals surface area contributed by atoms with Gasteiger partial charge in [-0.2, -0.15) is 0 Å². The van der Waals surface area contributed by atoms with Crippen molar-refractivity contribution < 1.29 is 9.84 Å². The second-order valence-electron chi connectivity index (χ2n) is 4.79. The molecule has 0 aliphatic heterocycles. The first-order valence-corrected chi connectivity index (χ1v) is 6.65. The maximum absolute atomic E-state index is 9.49. The standard InChI is InChI=1S/C15H25NO2/c1-4-14(17)8-6-10-16(2)12-13-7-5-9-15(11-13)18-3/h5,7,9,11,14,17H,4,6,8,10,12H2,1-3H3.